The molecular formula is C67H80N4O7S2Si. The summed E-state index contributed by atoms with van der Waals surface area (Å²) in [4.78, 5) is 70.6. The molecule has 0 heterocycles. The van der Waals surface area contributed by atoms with Gasteiger partial charge in [0.05, 0.1) is 28.6 Å². The number of nitrogens with two attached hydrogens (primary N) is 1. The van der Waals surface area contributed by atoms with Crippen molar-refractivity contribution in [2.45, 2.75) is 107 Å². The Morgan fingerprint density at radius 2 is 1.01 bits per heavy atom. The molecule has 0 bridgehead atoms. The lowest BCUT2D eigenvalue weighted by Gasteiger charge is -2.36. The zero-order valence-electron chi connectivity index (χ0n) is 48.0. The zero-order chi connectivity index (χ0) is 58.4. The molecule has 0 unspecified atom stereocenters. The third-order valence-electron chi connectivity index (χ3n) is 13.9. The van der Waals surface area contributed by atoms with Gasteiger partial charge in [0.2, 0.25) is 11.8 Å². The molecule has 0 spiro atoms. The Morgan fingerprint density at radius 3 is 1.40 bits per heavy atom. The lowest BCUT2D eigenvalue weighted by atomic mass is 9.84. The molecule has 5 N–H and O–H groups in total. The highest BCUT2D eigenvalue weighted by Gasteiger charge is 2.40. The van der Waals surface area contributed by atoms with Crippen LogP contribution in [0.5, 0.6) is 0 Å². The van der Waals surface area contributed by atoms with Crippen LogP contribution in [0.2, 0.25) is 25.7 Å². The minimum absolute atomic E-state index is 0.0583. The molecule has 11 nitrogen and oxygen atoms in total. The highest BCUT2D eigenvalue weighted by Crippen LogP contribution is 2.50. The minimum atomic E-state index is -1.52. The number of carbonyl (C=O) groups is 5. The molecule has 0 aliphatic heterocycles. The molecule has 3 amide bonds. The number of hydrogen-bond donors (Lipinski definition) is 4. The Kier molecular flexibility index (Phi) is 24.0. The summed E-state index contributed by atoms with van der Waals surface area (Å²) >= 11 is 3.27. The van der Waals surface area contributed by atoms with Crippen molar-refractivity contribution in [3.05, 3.63) is 239 Å². The second-order valence-corrected chi connectivity index (χ2v) is 30.0. The average Bonchev–Trinajstić information content (AvgIpc) is 3.52. The number of ether oxygens (including phenoxy) is 2. The molecule has 6 rings (SSSR count). The van der Waals surface area contributed by atoms with Crippen LogP contribution in [0.3, 0.4) is 0 Å². The summed E-state index contributed by atoms with van der Waals surface area (Å²) in [6.07, 6.45) is 4.41. The first-order valence-electron chi connectivity index (χ1n) is 27.9. The standard InChI is InChI=1S/C67H80N4O7S2Si/c1-9-57(69-63(74)58(70-64(75)60(68)48(2)3)47-80-67(53-36-22-13-23-37-53,54-38-24-14-25-39-54)55-40-26-15-27-41-55)62(73)71-61(49(4)5)65(76)78-56(46-59(72)77-43-45-81(6,7)8)42-28-29-44-79-66(50-30-16-10-17-31-50,51-32-18-11-19-33-51)52-34-20-12-21-35-52/h9-28,30-42,48-49,56,58,60-61H,29,43-47,68H2,1-8H3,(H,69,74)(H,70,75)(H,71,73)/b42-28+,57-9+/t56-,58-,60-,61+/m1/s1. The minimum Gasteiger partial charge on any atom is -0.466 e. The highest BCUT2D eigenvalue weighted by atomic mass is 32.2. The fourth-order valence-electron chi connectivity index (χ4n) is 9.29. The second kappa shape index (κ2) is 30.7. The third-order valence-corrected chi connectivity index (χ3v) is 18.8. The van der Waals surface area contributed by atoms with Crippen LogP contribution in [0.25, 0.3) is 0 Å². The van der Waals surface area contributed by atoms with Gasteiger partial charge in [0.25, 0.3) is 5.91 Å². The van der Waals surface area contributed by atoms with E-state index in [0.717, 1.165) is 39.4 Å². The first kappa shape index (κ1) is 63.2. The van der Waals surface area contributed by atoms with E-state index in [2.05, 4.69) is 108 Å². The van der Waals surface area contributed by atoms with E-state index in [1.807, 2.05) is 129 Å². The molecular weight excluding hydrogens is 1060 g/mol. The molecule has 0 radical (unpaired) electrons. The van der Waals surface area contributed by atoms with Crippen molar-refractivity contribution in [1.29, 1.82) is 0 Å². The summed E-state index contributed by atoms with van der Waals surface area (Å²) in [6.45, 7) is 15.7. The van der Waals surface area contributed by atoms with Gasteiger partial charge in [0, 0.05) is 13.8 Å². The summed E-state index contributed by atoms with van der Waals surface area (Å²) in [5.74, 6) is -3.19. The van der Waals surface area contributed by atoms with Crippen molar-refractivity contribution in [2.75, 3.05) is 18.1 Å². The Labute approximate surface area is 489 Å². The number of allylic oxidation sites excluding steroid dienone is 2. The summed E-state index contributed by atoms with van der Waals surface area (Å²) in [5, 5.41) is 8.49. The van der Waals surface area contributed by atoms with E-state index in [-0.39, 0.29) is 30.4 Å². The van der Waals surface area contributed by atoms with Crippen molar-refractivity contribution in [3.8, 4) is 0 Å². The van der Waals surface area contributed by atoms with E-state index in [1.165, 1.54) is 17.8 Å². The number of benzene rings is 6. The Morgan fingerprint density at radius 1 is 0.593 bits per heavy atom. The van der Waals surface area contributed by atoms with Gasteiger partial charge in [0.15, 0.2) is 0 Å². The third kappa shape index (κ3) is 17.5. The molecule has 426 valence electrons. The predicted molar refractivity (Wildman–Crippen MR) is 334 cm³/mol. The van der Waals surface area contributed by atoms with E-state index in [4.69, 9.17) is 15.2 Å². The largest absolute Gasteiger partial charge is 0.466 e. The van der Waals surface area contributed by atoms with Crippen LogP contribution in [-0.2, 0) is 42.9 Å². The smallest absolute Gasteiger partial charge is 0.329 e. The Balaban J connectivity index is 1.22. The summed E-state index contributed by atoms with van der Waals surface area (Å²) in [5.41, 5.74) is 12.5. The quantitative estimate of drug-likeness (QED) is 0.00887. The van der Waals surface area contributed by atoms with E-state index < -0.39 is 77.4 Å². The van der Waals surface area contributed by atoms with E-state index in [1.54, 1.807) is 38.6 Å². The van der Waals surface area contributed by atoms with Crippen molar-refractivity contribution in [2.24, 2.45) is 17.6 Å². The fourth-order valence-corrected chi connectivity index (χ4v) is 13.0. The molecule has 14 heteroatoms. The van der Waals surface area contributed by atoms with Crippen LogP contribution in [0.15, 0.2) is 206 Å². The number of esters is 2. The van der Waals surface area contributed by atoms with Crippen molar-refractivity contribution in [1.82, 2.24) is 16.0 Å². The molecule has 0 aliphatic rings. The summed E-state index contributed by atoms with van der Waals surface area (Å²) in [6, 6.07) is 58.7. The topological polar surface area (TPSA) is 166 Å². The van der Waals surface area contributed by atoms with Gasteiger partial charge in [-0.15, -0.1) is 23.5 Å². The monoisotopic (exact) mass is 1140 g/mol. The van der Waals surface area contributed by atoms with E-state index in [9.17, 15) is 24.0 Å². The molecule has 0 aliphatic carbocycles. The number of rotatable bonds is 29. The maximum Gasteiger partial charge on any atom is 0.329 e. The SMILES string of the molecule is C/C=C(/NC(=O)[C@@H](CSC(c1ccccc1)(c1ccccc1)c1ccccc1)NC(=O)[C@H](N)C(C)C)C(=O)N[C@H](C(=O)O[C@H](/C=C/CCSC(c1ccccc1)(c1ccccc1)c1ccccc1)CC(=O)OCC[Si](C)(C)C)C(C)C. The summed E-state index contributed by atoms with van der Waals surface area (Å²) in [7, 11) is -1.52. The maximum absolute atomic E-state index is 14.7. The van der Waals surface area contributed by atoms with Gasteiger partial charge in [-0.05, 0) is 76.4 Å². The number of hydrogen-bond acceptors (Lipinski definition) is 10. The number of carbonyl (C=O) groups excluding carboxylic acids is 5. The number of thioether (sulfide) groups is 2. The van der Waals surface area contributed by atoms with Gasteiger partial charge >= 0.3 is 11.9 Å². The highest BCUT2D eigenvalue weighted by molar-refractivity contribution is 8.00. The average molecular weight is 1150 g/mol. The van der Waals surface area contributed by atoms with E-state index in [0.29, 0.717) is 12.2 Å². The van der Waals surface area contributed by atoms with Gasteiger partial charge in [-0.25, -0.2) is 4.79 Å². The lowest BCUT2D eigenvalue weighted by Crippen LogP contribution is -2.55. The van der Waals surface area contributed by atoms with Gasteiger partial charge < -0.3 is 31.2 Å². The molecule has 0 saturated carbocycles. The summed E-state index contributed by atoms with van der Waals surface area (Å²) < 4.78 is 10.4. The molecule has 4 atom stereocenters. The number of amides is 3. The van der Waals surface area contributed by atoms with Crippen LogP contribution >= 0.6 is 23.5 Å². The normalized spacial score (nSPS) is 13.7. The second-order valence-electron chi connectivity index (χ2n) is 21.9. The molecule has 81 heavy (non-hydrogen) atoms. The zero-order valence-corrected chi connectivity index (χ0v) is 50.6. The van der Waals surface area contributed by atoms with E-state index >= 15 is 0 Å². The molecule has 6 aromatic carbocycles. The first-order chi connectivity index (χ1) is 38.9. The van der Waals surface area contributed by atoms with Crippen LogP contribution in [0.1, 0.15) is 80.8 Å². The van der Waals surface area contributed by atoms with Crippen LogP contribution < -0.4 is 21.7 Å². The Hall–Kier alpha value is -6.97. The first-order valence-corrected chi connectivity index (χ1v) is 33.5. The fraction of sp³-hybridized carbons (Fsp3) is 0.328. The van der Waals surface area contributed by atoms with Gasteiger partial charge in [-0.2, -0.15) is 0 Å². The maximum atomic E-state index is 14.7. The number of nitrogens with one attached hydrogen (secondary N) is 3. The predicted octanol–water partition coefficient (Wildman–Crippen LogP) is 12.2. The van der Waals surface area contributed by atoms with Crippen molar-refractivity contribution >= 4 is 61.3 Å². The Bertz CT molecular complexity index is 2800. The van der Waals surface area contributed by atoms with Crippen molar-refractivity contribution < 1.29 is 33.4 Å². The van der Waals surface area contributed by atoms with Crippen LogP contribution in [-0.4, -0.2) is 80.1 Å². The lowest BCUT2D eigenvalue weighted by molar-refractivity contribution is -0.156. The van der Waals surface area contributed by atoms with Crippen LogP contribution in [0, 0.1) is 11.8 Å². The molecule has 0 saturated heterocycles. The van der Waals surface area contributed by atoms with Gasteiger partial charge in [0.1, 0.15) is 23.9 Å². The van der Waals surface area contributed by atoms with Crippen LogP contribution in [0.4, 0.5) is 0 Å². The molecule has 6 aromatic rings. The molecule has 0 fully saturated rings. The molecule has 0 aromatic heterocycles. The van der Waals surface area contributed by atoms with Gasteiger partial charge in [-0.3, -0.25) is 19.2 Å². The van der Waals surface area contributed by atoms with Crippen molar-refractivity contribution in [3.63, 3.8) is 0 Å². The van der Waals surface area contributed by atoms with Gasteiger partial charge in [-0.1, -0.05) is 241 Å².